The van der Waals surface area contributed by atoms with Crippen LogP contribution in [0.4, 0.5) is 0 Å². The third-order valence-corrected chi connectivity index (χ3v) is 3.91. The Morgan fingerprint density at radius 3 is 2.41 bits per heavy atom. The van der Waals surface area contributed by atoms with Gasteiger partial charge in [0.15, 0.2) is 5.79 Å². The lowest BCUT2D eigenvalue weighted by Crippen LogP contribution is -2.24. The molecule has 1 saturated heterocycles. The Hall–Kier alpha value is -1.26. The van der Waals surface area contributed by atoms with Crippen molar-refractivity contribution < 1.29 is 14.2 Å². The highest BCUT2D eigenvalue weighted by molar-refractivity contribution is 6.31. The van der Waals surface area contributed by atoms with E-state index in [1.165, 1.54) is 0 Å². The lowest BCUT2D eigenvalue weighted by Gasteiger charge is -2.24. The second-order valence-electron chi connectivity index (χ2n) is 5.19. The van der Waals surface area contributed by atoms with Gasteiger partial charge in [-0.3, -0.25) is 0 Å². The molecule has 5 heteroatoms. The minimum absolute atomic E-state index is 0.0152. The van der Waals surface area contributed by atoms with E-state index < -0.39 is 5.79 Å². The van der Waals surface area contributed by atoms with Gasteiger partial charge in [0.25, 0.3) is 0 Å². The van der Waals surface area contributed by atoms with Crippen LogP contribution < -0.4 is 4.74 Å². The Balaban J connectivity index is 1.82. The first-order valence-electron chi connectivity index (χ1n) is 6.87. The number of benzene rings is 2. The second kappa shape index (κ2) is 6.09. The molecule has 2 unspecified atom stereocenters. The maximum absolute atomic E-state index is 6.34. The first-order valence-corrected chi connectivity index (χ1v) is 7.62. The van der Waals surface area contributed by atoms with Crippen LogP contribution in [0, 0.1) is 6.92 Å². The van der Waals surface area contributed by atoms with Gasteiger partial charge in [0, 0.05) is 17.5 Å². The fraction of sp³-hybridized carbons (Fsp3) is 0.235. The molecule has 22 heavy (non-hydrogen) atoms. The Morgan fingerprint density at radius 2 is 1.82 bits per heavy atom. The Bertz CT molecular complexity index is 672. The highest BCUT2D eigenvalue weighted by atomic mass is 35.5. The first-order chi connectivity index (χ1) is 10.5. The van der Waals surface area contributed by atoms with Gasteiger partial charge in [0.05, 0.1) is 17.7 Å². The van der Waals surface area contributed by atoms with Crippen molar-refractivity contribution in [2.24, 2.45) is 0 Å². The summed E-state index contributed by atoms with van der Waals surface area (Å²) in [5, 5.41) is 1.14. The summed E-state index contributed by atoms with van der Waals surface area (Å²) in [6.45, 7) is 6.41. The lowest BCUT2D eigenvalue weighted by molar-refractivity contribution is -0.136. The van der Waals surface area contributed by atoms with E-state index in [9.17, 15) is 0 Å². The molecule has 3 rings (SSSR count). The van der Waals surface area contributed by atoms with Crippen molar-refractivity contribution in [2.45, 2.75) is 18.8 Å². The van der Waals surface area contributed by atoms with Crippen LogP contribution in [0.3, 0.4) is 0 Å². The monoisotopic (exact) mass is 337 g/mol. The van der Waals surface area contributed by atoms with Crippen molar-refractivity contribution >= 4 is 23.2 Å². The molecule has 0 bridgehead atoms. The van der Waals surface area contributed by atoms with E-state index >= 15 is 0 Å². The molecular formula is C17H15Cl2O3. The van der Waals surface area contributed by atoms with Crippen LogP contribution in [-0.4, -0.2) is 12.7 Å². The van der Waals surface area contributed by atoms with E-state index in [-0.39, 0.29) is 6.10 Å². The molecule has 2 aromatic carbocycles. The van der Waals surface area contributed by atoms with Crippen molar-refractivity contribution in [3.8, 4) is 11.5 Å². The molecule has 2 aromatic rings. The maximum Gasteiger partial charge on any atom is 0.196 e. The van der Waals surface area contributed by atoms with E-state index in [1.807, 2.05) is 6.92 Å². The molecule has 2 atom stereocenters. The average Bonchev–Trinajstić information content (AvgIpc) is 2.82. The fourth-order valence-electron chi connectivity index (χ4n) is 2.29. The molecule has 0 aliphatic carbocycles. The summed E-state index contributed by atoms with van der Waals surface area (Å²) in [5.74, 6) is 0.236. The standard InChI is InChI=1S/C17H15Cl2O3/c1-11-10-20-17(2,22-11)15-8-7-14(9-16(15)19)21-13-5-3-12(18)4-6-13/h3-9,11H,2,10H2,1H3. The van der Waals surface area contributed by atoms with E-state index in [0.717, 1.165) is 0 Å². The number of hydrogen-bond acceptors (Lipinski definition) is 3. The van der Waals surface area contributed by atoms with Crippen LogP contribution in [0.15, 0.2) is 42.5 Å². The molecule has 0 saturated carbocycles. The zero-order valence-electron chi connectivity index (χ0n) is 12.0. The summed E-state index contributed by atoms with van der Waals surface area (Å²) in [4.78, 5) is 0. The summed E-state index contributed by atoms with van der Waals surface area (Å²) in [5.41, 5.74) is 0.682. The van der Waals surface area contributed by atoms with Crippen LogP contribution in [0.2, 0.25) is 10.0 Å². The summed E-state index contributed by atoms with van der Waals surface area (Å²) >= 11 is 12.2. The SMILES string of the molecule is [CH2]C1(c2ccc(Oc3ccc(Cl)cc3)cc2Cl)OCC(C)O1. The van der Waals surface area contributed by atoms with Crippen molar-refractivity contribution in [3.05, 3.63) is 65.0 Å². The zero-order valence-corrected chi connectivity index (χ0v) is 13.5. The van der Waals surface area contributed by atoms with E-state index in [0.29, 0.717) is 33.7 Å². The van der Waals surface area contributed by atoms with Gasteiger partial charge < -0.3 is 14.2 Å². The highest BCUT2D eigenvalue weighted by Crippen LogP contribution is 2.39. The molecule has 1 heterocycles. The summed E-state index contributed by atoms with van der Waals surface area (Å²) < 4.78 is 17.1. The Labute approximate surface area is 139 Å². The lowest BCUT2D eigenvalue weighted by atomic mass is 10.1. The summed E-state index contributed by atoms with van der Waals surface area (Å²) in [6, 6.07) is 12.4. The maximum atomic E-state index is 6.34. The molecule has 0 N–H and O–H groups in total. The number of halogens is 2. The van der Waals surface area contributed by atoms with Gasteiger partial charge >= 0.3 is 0 Å². The largest absolute Gasteiger partial charge is 0.457 e. The number of hydrogen-bond donors (Lipinski definition) is 0. The molecule has 3 nitrogen and oxygen atoms in total. The molecule has 0 aromatic heterocycles. The third-order valence-electron chi connectivity index (χ3n) is 3.34. The summed E-state index contributed by atoms with van der Waals surface area (Å²) in [6.07, 6.45) is -0.0152. The molecule has 0 amide bonds. The summed E-state index contributed by atoms with van der Waals surface area (Å²) in [7, 11) is 0. The van der Waals surface area contributed by atoms with Gasteiger partial charge in [-0.05, 0) is 49.4 Å². The predicted octanol–water partition coefficient (Wildman–Crippen LogP) is 5.21. The molecule has 1 aliphatic heterocycles. The predicted molar refractivity (Wildman–Crippen MR) is 86.5 cm³/mol. The molecule has 0 spiro atoms. The van der Waals surface area contributed by atoms with Gasteiger partial charge in [-0.25, -0.2) is 0 Å². The minimum atomic E-state index is -1.06. The molecule has 1 aliphatic rings. The van der Waals surface area contributed by atoms with Crippen LogP contribution in [0.5, 0.6) is 11.5 Å². The quantitative estimate of drug-likeness (QED) is 0.769. The molecule has 1 radical (unpaired) electrons. The fourth-order valence-corrected chi connectivity index (χ4v) is 2.73. The van der Waals surface area contributed by atoms with E-state index in [1.54, 1.807) is 42.5 Å². The molecule has 115 valence electrons. The Morgan fingerprint density at radius 1 is 1.14 bits per heavy atom. The first kappa shape index (κ1) is 15.6. The third kappa shape index (κ3) is 3.23. The van der Waals surface area contributed by atoms with Crippen molar-refractivity contribution in [1.82, 2.24) is 0 Å². The van der Waals surface area contributed by atoms with Gasteiger partial charge in [-0.1, -0.05) is 23.2 Å². The molecule has 1 fully saturated rings. The highest BCUT2D eigenvalue weighted by Gasteiger charge is 2.38. The number of rotatable bonds is 3. The van der Waals surface area contributed by atoms with Gasteiger partial charge in [-0.2, -0.15) is 0 Å². The van der Waals surface area contributed by atoms with Crippen LogP contribution >= 0.6 is 23.2 Å². The number of ether oxygens (including phenoxy) is 3. The average molecular weight is 338 g/mol. The smallest absolute Gasteiger partial charge is 0.196 e. The normalized spacial score (nSPS) is 24.5. The van der Waals surface area contributed by atoms with Crippen LogP contribution in [-0.2, 0) is 15.3 Å². The van der Waals surface area contributed by atoms with Gasteiger partial charge in [0.1, 0.15) is 11.5 Å². The second-order valence-corrected chi connectivity index (χ2v) is 6.03. The van der Waals surface area contributed by atoms with Crippen molar-refractivity contribution in [1.29, 1.82) is 0 Å². The van der Waals surface area contributed by atoms with Gasteiger partial charge in [-0.15, -0.1) is 0 Å². The van der Waals surface area contributed by atoms with Crippen molar-refractivity contribution in [3.63, 3.8) is 0 Å². The Kier molecular flexibility index (Phi) is 4.33. The van der Waals surface area contributed by atoms with Crippen LogP contribution in [0.25, 0.3) is 0 Å². The van der Waals surface area contributed by atoms with E-state index in [4.69, 9.17) is 37.4 Å². The minimum Gasteiger partial charge on any atom is -0.457 e. The van der Waals surface area contributed by atoms with Crippen molar-refractivity contribution in [2.75, 3.05) is 6.61 Å². The van der Waals surface area contributed by atoms with Gasteiger partial charge in [0.2, 0.25) is 0 Å². The van der Waals surface area contributed by atoms with Crippen LogP contribution in [0.1, 0.15) is 12.5 Å². The molecular weight excluding hydrogens is 323 g/mol. The topological polar surface area (TPSA) is 27.7 Å². The zero-order chi connectivity index (χ0) is 15.7. The van der Waals surface area contributed by atoms with E-state index in [2.05, 4.69) is 6.92 Å².